The average Bonchev–Trinajstić information content (AvgIpc) is 2.48. The van der Waals surface area contributed by atoms with E-state index < -0.39 is 0 Å². The SMILES string of the molecule is CC(C)OCCCCn1c(CCl)nc2ccccc2c1=O. The Labute approximate surface area is 129 Å². The summed E-state index contributed by atoms with van der Waals surface area (Å²) in [5.41, 5.74) is 0.693. The van der Waals surface area contributed by atoms with E-state index >= 15 is 0 Å². The van der Waals surface area contributed by atoms with Crippen LogP contribution in [0.4, 0.5) is 0 Å². The van der Waals surface area contributed by atoms with Crippen molar-refractivity contribution in [1.82, 2.24) is 9.55 Å². The number of halogens is 1. The van der Waals surface area contributed by atoms with Gasteiger partial charge in [0.1, 0.15) is 5.82 Å². The van der Waals surface area contributed by atoms with Gasteiger partial charge in [-0.2, -0.15) is 0 Å². The zero-order valence-corrected chi connectivity index (χ0v) is 13.3. The van der Waals surface area contributed by atoms with Crippen molar-refractivity contribution in [3.8, 4) is 0 Å². The number of hydrogen-bond acceptors (Lipinski definition) is 3. The highest BCUT2D eigenvalue weighted by Crippen LogP contribution is 2.10. The number of hydrogen-bond donors (Lipinski definition) is 0. The van der Waals surface area contributed by atoms with E-state index in [-0.39, 0.29) is 17.5 Å². The smallest absolute Gasteiger partial charge is 0.261 e. The number of unbranched alkanes of at least 4 members (excludes halogenated alkanes) is 1. The van der Waals surface area contributed by atoms with Crippen LogP contribution in [0.5, 0.6) is 0 Å². The Morgan fingerprint density at radius 3 is 2.76 bits per heavy atom. The molecule has 5 heteroatoms. The lowest BCUT2D eigenvalue weighted by Gasteiger charge is -2.12. The van der Waals surface area contributed by atoms with Crippen LogP contribution in [-0.4, -0.2) is 22.3 Å². The first-order chi connectivity index (χ1) is 10.1. The van der Waals surface area contributed by atoms with Crippen LogP contribution in [-0.2, 0) is 17.2 Å². The molecule has 0 atom stereocenters. The maximum absolute atomic E-state index is 12.5. The van der Waals surface area contributed by atoms with Gasteiger partial charge in [-0.25, -0.2) is 4.98 Å². The molecule has 0 radical (unpaired) electrons. The standard InChI is InChI=1S/C16H21ClN2O2/c1-12(2)21-10-6-5-9-19-15(11-17)18-14-8-4-3-7-13(14)16(19)20/h3-4,7-8,12H,5-6,9-11H2,1-2H3. The molecule has 21 heavy (non-hydrogen) atoms. The second-order valence-corrected chi connectivity index (χ2v) is 5.53. The molecular weight excluding hydrogens is 288 g/mol. The monoisotopic (exact) mass is 308 g/mol. The lowest BCUT2D eigenvalue weighted by molar-refractivity contribution is 0.0753. The van der Waals surface area contributed by atoms with Gasteiger partial charge in [-0.15, -0.1) is 11.6 Å². The van der Waals surface area contributed by atoms with Gasteiger partial charge >= 0.3 is 0 Å². The van der Waals surface area contributed by atoms with E-state index in [1.165, 1.54) is 0 Å². The number of ether oxygens (including phenoxy) is 1. The molecule has 2 rings (SSSR count). The molecule has 1 heterocycles. The first-order valence-electron chi connectivity index (χ1n) is 7.29. The number of aromatic nitrogens is 2. The predicted molar refractivity (Wildman–Crippen MR) is 85.9 cm³/mol. The third-order valence-corrected chi connectivity index (χ3v) is 3.53. The third kappa shape index (κ3) is 4.05. The van der Waals surface area contributed by atoms with Crippen LogP contribution in [0.3, 0.4) is 0 Å². The second-order valence-electron chi connectivity index (χ2n) is 5.26. The molecule has 0 N–H and O–H groups in total. The molecule has 0 spiro atoms. The minimum absolute atomic E-state index is 0.0129. The molecule has 114 valence electrons. The Kier molecular flexibility index (Phi) is 5.76. The van der Waals surface area contributed by atoms with Crippen molar-refractivity contribution in [3.05, 3.63) is 40.4 Å². The summed E-state index contributed by atoms with van der Waals surface area (Å²) in [6.07, 6.45) is 2.03. The summed E-state index contributed by atoms with van der Waals surface area (Å²) in [6, 6.07) is 7.38. The fraction of sp³-hybridized carbons (Fsp3) is 0.500. The molecule has 0 aliphatic heterocycles. The Bertz CT molecular complexity index is 652. The summed E-state index contributed by atoms with van der Waals surface area (Å²) in [6.45, 7) is 5.37. The number of rotatable bonds is 7. The zero-order chi connectivity index (χ0) is 15.2. The lowest BCUT2D eigenvalue weighted by Crippen LogP contribution is -2.25. The van der Waals surface area contributed by atoms with Gasteiger partial charge < -0.3 is 4.74 Å². The molecular formula is C16H21ClN2O2. The van der Waals surface area contributed by atoms with Gasteiger partial charge in [-0.1, -0.05) is 12.1 Å². The van der Waals surface area contributed by atoms with Crippen molar-refractivity contribution in [1.29, 1.82) is 0 Å². The molecule has 0 fully saturated rings. The van der Waals surface area contributed by atoms with E-state index in [2.05, 4.69) is 4.98 Å². The topological polar surface area (TPSA) is 44.1 Å². The highest BCUT2D eigenvalue weighted by Gasteiger charge is 2.09. The van der Waals surface area contributed by atoms with Crippen LogP contribution in [0.15, 0.2) is 29.1 Å². The summed E-state index contributed by atoms with van der Waals surface area (Å²) in [4.78, 5) is 17.0. The average molecular weight is 309 g/mol. The number of alkyl halides is 1. The van der Waals surface area contributed by atoms with E-state index in [1.54, 1.807) is 10.6 Å². The van der Waals surface area contributed by atoms with Gasteiger partial charge in [0.05, 0.1) is 22.9 Å². The number of nitrogens with zero attached hydrogens (tertiary/aromatic N) is 2. The normalized spacial score (nSPS) is 11.4. The maximum Gasteiger partial charge on any atom is 0.261 e. The Balaban J connectivity index is 2.14. The number of benzene rings is 1. The van der Waals surface area contributed by atoms with Crippen molar-refractivity contribution >= 4 is 22.5 Å². The summed E-state index contributed by atoms with van der Waals surface area (Å²) >= 11 is 5.94. The molecule has 0 amide bonds. The van der Waals surface area contributed by atoms with Crippen LogP contribution < -0.4 is 5.56 Å². The van der Waals surface area contributed by atoms with Crippen molar-refractivity contribution in [3.63, 3.8) is 0 Å². The minimum atomic E-state index is -0.0129. The number of para-hydroxylation sites is 1. The first-order valence-corrected chi connectivity index (χ1v) is 7.83. The fourth-order valence-electron chi connectivity index (χ4n) is 2.24. The van der Waals surface area contributed by atoms with Crippen LogP contribution in [0, 0.1) is 0 Å². The van der Waals surface area contributed by atoms with E-state index in [1.807, 2.05) is 32.0 Å². The molecule has 0 bridgehead atoms. The summed E-state index contributed by atoms with van der Waals surface area (Å²) in [7, 11) is 0. The third-order valence-electron chi connectivity index (χ3n) is 3.29. The van der Waals surface area contributed by atoms with Gasteiger partial charge in [0, 0.05) is 13.2 Å². The molecule has 0 unspecified atom stereocenters. The van der Waals surface area contributed by atoms with E-state index in [4.69, 9.17) is 16.3 Å². The van der Waals surface area contributed by atoms with E-state index in [0.29, 0.717) is 29.9 Å². The highest BCUT2D eigenvalue weighted by atomic mass is 35.5. The molecule has 0 aliphatic rings. The lowest BCUT2D eigenvalue weighted by atomic mass is 10.2. The van der Waals surface area contributed by atoms with Gasteiger partial charge in [-0.3, -0.25) is 9.36 Å². The van der Waals surface area contributed by atoms with Gasteiger partial charge in [-0.05, 0) is 38.8 Å². The van der Waals surface area contributed by atoms with Gasteiger partial charge in [0.2, 0.25) is 0 Å². The van der Waals surface area contributed by atoms with Crippen molar-refractivity contribution < 1.29 is 4.74 Å². The number of fused-ring (bicyclic) bond motifs is 1. The highest BCUT2D eigenvalue weighted by molar-refractivity contribution is 6.16. The first kappa shape index (κ1) is 16.0. The summed E-state index contributed by atoms with van der Waals surface area (Å²) < 4.78 is 7.19. The Hall–Kier alpha value is -1.39. The van der Waals surface area contributed by atoms with Gasteiger partial charge in [0.25, 0.3) is 5.56 Å². The van der Waals surface area contributed by atoms with E-state index in [9.17, 15) is 4.79 Å². The van der Waals surface area contributed by atoms with Crippen LogP contribution in [0.25, 0.3) is 10.9 Å². The second kappa shape index (κ2) is 7.57. The Morgan fingerprint density at radius 2 is 2.05 bits per heavy atom. The van der Waals surface area contributed by atoms with Crippen molar-refractivity contribution in [2.45, 2.75) is 45.2 Å². The summed E-state index contributed by atoms with van der Waals surface area (Å²) in [5.74, 6) is 0.868. The molecule has 0 saturated heterocycles. The maximum atomic E-state index is 12.5. The van der Waals surface area contributed by atoms with Crippen LogP contribution >= 0.6 is 11.6 Å². The Morgan fingerprint density at radius 1 is 1.29 bits per heavy atom. The van der Waals surface area contributed by atoms with Crippen molar-refractivity contribution in [2.24, 2.45) is 0 Å². The summed E-state index contributed by atoms with van der Waals surface area (Å²) in [5, 5.41) is 0.643. The minimum Gasteiger partial charge on any atom is -0.379 e. The van der Waals surface area contributed by atoms with Crippen LogP contribution in [0.2, 0.25) is 0 Å². The molecule has 0 aliphatic carbocycles. The largest absolute Gasteiger partial charge is 0.379 e. The van der Waals surface area contributed by atoms with E-state index in [0.717, 1.165) is 12.8 Å². The van der Waals surface area contributed by atoms with Crippen molar-refractivity contribution in [2.75, 3.05) is 6.61 Å². The molecule has 1 aromatic heterocycles. The molecule has 2 aromatic rings. The predicted octanol–water partition coefficient (Wildman–Crippen LogP) is 3.34. The van der Waals surface area contributed by atoms with Crippen LogP contribution in [0.1, 0.15) is 32.5 Å². The quantitative estimate of drug-likeness (QED) is 0.582. The molecule has 1 aromatic carbocycles. The van der Waals surface area contributed by atoms with Gasteiger partial charge in [0.15, 0.2) is 0 Å². The molecule has 0 saturated carbocycles. The zero-order valence-electron chi connectivity index (χ0n) is 12.5. The molecule has 4 nitrogen and oxygen atoms in total. The fourth-order valence-corrected chi connectivity index (χ4v) is 2.44.